The van der Waals surface area contributed by atoms with Gasteiger partial charge in [0.25, 0.3) is 0 Å². The lowest BCUT2D eigenvalue weighted by molar-refractivity contribution is 0.139. The number of aliphatic hydroxyl groups is 1. The molecule has 0 radical (unpaired) electrons. The van der Waals surface area contributed by atoms with Crippen molar-refractivity contribution in [2.75, 3.05) is 24.3 Å². The van der Waals surface area contributed by atoms with Crippen LogP contribution < -0.4 is 15.5 Å². The third-order valence-electron chi connectivity index (χ3n) is 3.69. The molecule has 24 heavy (non-hydrogen) atoms. The minimum absolute atomic E-state index is 0.370. The van der Waals surface area contributed by atoms with Gasteiger partial charge in [0, 0.05) is 25.5 Å². The van der Waals surface area contributed by atoms with Crippen LogP contribution in [-0.4, -0.2) is 31.3 Å². The van der Waals surface area contributed by atoms with Gasteiger partial charge in [-0.15, -0.1) is 0 Å². The quantitative estimate of drug-likeness (QED) is 0.789. The molecule has 5 nitrogen and oxygen atoms in total. The zero-order chi connectivity index (χ0) is 17.7. The van der Waals surface area contributed by atoms with Crippen molar-refractivity contribution in [1.82, 2.24) is 5.32 Å². The van der Waals surface area contributed by atoms with E-state index in [1.807, 2.05) is 31.1 Å². The highest BCUT2D eigenvalue weighted by Crippen LogP contribution is 2.18. The van der Waals surface area contributed by atoms with Gasteiger partial charge in [-0.3, -0.25) is 0 Å². The van der Waals surface area contributed by atoms with Crippen molar-refractivity contribution in [2.24, 2.45) is 0 Å². The number of urea groups is 1. The first-order valence-corrected chi connectivity index (χ1v) is 7.65. The number of aliphatic hydroxyl groups excluding tert-OH is 1. The first-order chi connectivity index (χ1) is 11.4. The fraction of sp³-hybridized carbons (Fsp3) is 0.278. The Kier molecular flexibility index (Phi) is 5.76. The van der Waals surface area contributed by atoms with Gasteiger partial charge in [0.15, 0.2) is 0 Å². The van der Waals surface area contributed by atoms with E-state index in [9.17, 15) is 14.3 Å². The number of nitrogens with zero attached hydrogens (tertiary/aromatic N) is 1. The molecule has 2 aromatic rings. The average Bonchev–Trinajstić information content (AvgIpc) is 2.55. The van der Waals surface area contributed by atoms with Gasteiger partial charge in [-0.25, -0.2) is 9.18 Å². The second-order valence-electron chi connectivity index (χ2n) is 5.82. The summed E-state index contributed by atoms with van der Waals surface area (Å²) in [5.41, 5.74) is 2.22. The molecule has 0 spiro atoms. The van der Waals surface area contributed by atoms with Crippen LogP contribution in [-0.2, 0) is 0 Å². The fourth-order valence-corrected chi connectivity index (χ4v) is 2.24. The summed E-state index contributed by atoms with van der Waals surface area (Å²) in [5, 5.41) is 15.6. The summed E-state index contributed by atoms with van der Waals surface area (Å²) in [4.78, 5) is 14.0. The number of anilines is 2. The molecule has 0 aliphatic heterocycles. The van der Waals surface area contributed by atoms with Crippen molar-refractivity contribution < 1.29 is 14.3 Å². The van der Waals surface area contributed by atoms with Crippen LogP contribution >= 0.6 is 0 Å². The predicted octanol–water partition coefficient (Wildman–Crippen LogP) is 3.14. The SMILES string of the molecule is CC(NC(=O)Nc1ccc(N(C)C)cc1)C(O)c1ccc(F)cc1. The molecule has 2 rings (SSSR count). The number of halogens is 1. The van der Waals surface area contributed by atoms with E-state index < -0.39 is 18.2 Å². The number of amides is 2. The highest BCUT2D eigenvalue weighted by molar-refractivity contribution is 5.89. The zero-order valence-corrected chi connectivity index (χ0v) is 14.0. The van der Waals surface area contributed by atoms with E-state index in [0.29, 0.717) is 11.3 Å². The van der Waals surface area contributed by atoms with Crippen molar-refractivity contribution in [3.05, 3.63) is 59.9 Å². The molecule has 0 saturated carbocycles. The predicted molar refractivity (Wildman–Crippen MR) is 93.7 cm³/mol. The maximum absolute atomic E-state index is 12.9. The van der Waals surface area contributed by atoms with E-state index >= 15 is 0 Å². The third kappa shape index (κ3) is 4.70. The van der Waals surface area contributed by atoms with Crippen molar-refractivity contribution in [2.45, 2.75) is 19.1 Å². The second-order valence-corrected chi connectivity index (χ2v) is 5.82. The van der Waals surface area contributed by atoms with Crippen molar-refractivity contribution >= 4 is 17.4 Å². The normalized spacial score (nSPS) is 13.0. The van der Waals surface area contributed by atoms with Gasteiger partial charge in [-0.05, 0) is 48.9 Å². The van der Waals surface area contributed by atoms with Gasteiger partial charge < -0.3 is 20.6 Å². The molecule has 6 heteroatoms. The van der Waals surface area contributed by atoms with Gasteiger partial charge in [0.2, 0.25) is 0 Å². The lowest BCUT2D eigenvalue weighted by atomic mass is 10.0. The summed E-state index contributed by atoms with van der Waals surface area (Å²) in [5.74, 6) is -0.370. The molecule has 0 bridgehead atoms. The van der Waals surface area contributed by atoms with Crippen LogP contribution in [0, 0.1) is 5.82 Å². The molecule has 2 aromatic carbocycles. The molecule has 3 N–H and O–H groups in total. The number of hydrogen-bond acceptors (Lipinski definition) is 3. The molecule has 0 aliphatic rings. The van der Waals surface area contributed by atoms with E-state index in [4.69, 9.17) is 0 Å². The Bertz CT molecular complexity index is 672. The van der Waals surface area contributed by atoms with E-state index in [1.165, 1.54) is 24.3 Å². The summed E-state index contributed by atoms with van der Waals surface area (Å²) >= 11 is 0. The molecular weight excluding hydrogens is 309 g/mol. The van der Waals surface area contributed by atoms with Crippen LogP contribution in [0.1, 0.15) is 18.6 Å². The summed E-state index contributed by atoms with van der Waals surface area (Å²) in [6, 6.07) is 12.0. The highest BCUT2D eigenvalue weighted by atomic mass is 19.1. The first kappa shape index (κ1) is 17.7. The fourth-order valence-electron chi connectivity index (χ4n) is 2.24. The molecule has 0 saturated heterocycles. The zero-order valence-electron chi connectivity index (χ0n) is 14.0. The van der Waals surface area contributed by atoms with Crippen LogP contribution in [0.5, 0.6) is 0 Å². The first-order valence-electron chi connectivity index (χ1n) is 7.65. The van der Waals surface area contributed by atoms with Gasteiger partial charge in [0.1, 0.15) is 5.82 Å². The monoisotopic (exact) mass is 331 g/mol. The number of carbonyl (C=O) groups is 1. The average molecular weight is 331 g/mol. The van der Waals surface area contributed by atoms with Crippen LogP contribution in [0.4, 0.5) is 20.6 Å². The number of hydrogen-bond donors (Lipinski definition) is 3. The summed E-state index contributed by atoms with van der Waals surface area (Å²) in [6.45, 7) is 1.68. The number of carbonyl (C=O) groups excluding carboxylic acids is 1. The smallest absolute Gasteiger partial charge is 0.319 e. The molecule has 0 heterocycles. The Morgan fingerprint density at radius 1 is 1.08 bits per heavy atom. The summed E-state index contributed by atoms with van der Waals surface area (Å²) in [6.07, 6.45) is -0.924. The van der Waals surface area contributed by atoms with Gasteiger partial charge in [-0.1, -0.05) is 12.1 Å². The Labute approximate surface area is 141 Å². The van der Waals surface area contributed by atoms with E-state index in [-0.39, 0.29) is 5.82 Å². The Morgan fingerprint density at radius 3 is 2.21 bits per heavy atom. The molecule has 0 fully saturated rings. The van der Waals surface area contributed by atoms with Gasteiger partial charge in [0.05, 0.1) is 12.1 Å². The standard InChI is InChI=1S/C18H22FN3O2/c1-12(17(23)13-4-6-14(19)7-5-13)20-18(24)21-15-8-10-16(11-9-15)22(2)3/h4-12,17,23H,1-3H3,(H2,20,21,24). The summed E-state index contributed by atoms with van der Waals surface area (Å²) < 4.78 is 12.9. The molecule has 2 amide bonds. The summed E-state index contributed by atoms with van der Waals surface area (Å²) in [7, 11) is 3.88. The van der Waals surface area contributed by atoms with Gasteiger partial charge >= 0.3 is 6.03 Å². The minimum atomic E-state index is -0.924. The maximum atomic E-state index is 12.9. The molecular formula is C18H22FN3O2. The third-order valence-corrected chi connectivity index (χ3v) is 3.69. The number of nitrogens with one attached hydrogen (secondary N) is 2. The molecule has 0 aliphatic carbocycles. The van der Waals surface area contributed by atoms with E-state index in [1.54, 1.807) is 19.1 Å². The maximum Gasteiger partial charge on any atom is 0.319 e. The van der Waals surface area contributed by atoms with Crippen molar-refractivity contribution in [3.63, 3.8) is 0 Å². The Balaban J connectivity index is 1.92. The molecule has 128 valence electrons. The molecule has 2 atom stereocenters. The Morgan fingerprint density at radius 2 is 1.67 bits per heavy atom. The van der Waals surface area contributed by atoms with Crippen LogP contribution in [0.3, 0.4) is 0 Å². The van der Waals surface area contributed by atoms with Crippen molar-refractivity contribution in [3.8, 4) is 0 Å². The molecule has 0 aromatic heterocycles. The van der Waals surface area contributed by atoms with Gasteiger partial charge in [-0.2, -0.15) is 0 Å². The lowest BCUT2D eigenvalue weighted by Crippen LogP contribution is -2.39. The highest BCUT2D eigenvalue weighted by Gasteiger charge is 2.18. The molecule has 2 unspecified atom stereocenters. The number of rotatable bonds is 5. The van der Waals surface area contributed by atoms with E-state index in [2.05, 4.69) is 10.6 Å². The van der Waals surface area contributed by atoms with Crippen molar-refractivity contribution in [1.29, 1.82) is 0 Å². The van der Waals surface area contributed by atoms with Crippen LogP contribution in [0.15, 0.2) is 48.5 Å². The topological polar surface area (TPSA) is 64.6 Å². The second kappa shape index (κ2) is 7.79. The van der Waals surface area contributed by atoms with E-state index in [0.717, 1.165) is 5.69 Å². The minimum Gasteiger partial charge on any atom is -0.386 e. The largest absolute Gasteiger partial charge is 0.386 e. The van der Waals surface area contributed by atoms with Crippen LogP contribution in [0.2, 0.25) is 0 Å². The lowest BCUT2D eigenvalue weighted by Gasteiger charge is -2.21. The number of benzene rings is 2. The van der Waals surface area contributed by atoms with Crippen LogP contribution in [0.25, 0.3) is 0 Å². The Hall–Kier alpha value is -2.60.